The highest BCUT2D eigenvalue weighted by Crippen LogP contribution is 2.33. The maximum atomic E-state index is 5.82. The number of fused-ring (bicyclic) bond motifs is 1. The molecule has 0 amide bonds. The summed E-state index contributed by atoms with van der Waals surface area (Å²) >= 11 is 0. The van der Waals surface area contributed by atoms with Crippen molar-refractivity contribution in [2.45, 2.75) is 25.1 Å². The lowest BCUT2D eigenvalue weighted by atomic mass is 10.1. The van der Waals surface area contributed by atoms with Gasteiger partial charge in [-0.25, -0.2) is 4.99 Å². The van der Waals surface area contributed by atoms with Crippen LogP contribution in [-0.2, 0) is 17.7 Å². The molecule has 0 aromatic heterocycles. The average Bonchev–Trinajstić information content (AvgIpc) is 3.04. The van der Waals surface area contributed by atoms with Crippen LogP contribution in [0.3, 0.4) is 0 Å². The van der Waals surface area contributed by atoms with E-state index in [9.17, 15) is 0 Å². The molecule has 2 aromatic carbocycles. The Morgan fingerprint density at radius 3 is 2.89 bits per heavy atom. The molecule has 0 spiro atoms. The molecule has 5 nitrogen and oxygen atoms in total. The zero-order valence-electron chi connectivity index (χ0n) is 15.9. The van der Waals surface area contributed by atoms with Gasteiger partial charge in [0.05, 0.1) is 30.6 Å². The number of hydrogen-bond acceptors (Lipinski definition) is 5. The monoisotopic (exact) mass is 362 g/mol. The summed E-state index contributed by atoms with van der Waals surface area (Å²) in [6.45, 7) is 1.44. The first-order valence-electron chi connectivity index (χ1n) is 9.32. The lowest BCUT2D eigenvalue weighted by molar-refractivity contribution is 0.0784. The van der Waals surface area contributed by atoms with Gasteiger partial charge < -0.3 is 20.7 Å². The zero-order chi connectivity index (χ0) is 18.8. The lowest BCUT2D eigenvalue weighted by Crippen LogP contribution is -2.32. The highest BCUT2D eigenvalue weighted by molar-refractivity contribution is 5.87. The van der Waals surface area contributed by atoms with Crippen molar-refractivity contribution in [3.63, 3.8) is 0 Å². The molecule has 1 aliphatic heterocycles. The Kier molecular flexibility index (Phi) is 4.97. The second kappa shape index (κ2) is 7.55. The van der Waals surface area contributed by atoms with Gasteiger partial charge in [-0.1, -0.05) is 42.5 Å². The molecule has 2 aromatic rings. The quantitative estimate of drug-likeness (QED) is 0.858. The van der Waals surface area contributed by atoms with Gasteiger partial charge in [0.1, 0.15) is 5.84 Å². The summed E-state index contributed by atoms with van der Waals surface area (Å²) in [6.07, 6.45) is 2.98. The van der Waals surface area contributed by atoms with Crippen LogP contribution in [0.4, 0.5) is 0 Å². The third-order valence-electron chi connectivity index (χ3n) is 5.40. The minimum Gasteiger partial charge on any atom is -0.386 e. The molecule has 27 heavy (non-hydrogen) atoms. The largest absolute Gasteiger partial charge is 0.386 e. The van der Waals surface area contributed by atoms with Gasteiger partial charge in [0, 0.05) is 27.1 Å². The van der Waals surface area contributed by atoms with E-state index in [2.05, 4.69) is 63.7 Å². The van der Waals surface area contributed by atoms with Gasteiger partial charge in [-0.3, -0.25) is 0 Å². The van der Waals surface area contributed by atoms with E-state index in [1.807, 2.05) is 13.2 Å². The van der Waals surface area contributed by atoms with E-state index < -0.39 is 0 Å². The third kappa shape index (κ3) is 3.61. The van der Waals surface area contributed by atoms with Crippen molar-refractivity contribution in [3.8, 4) is 0 Å². The molecule has 140 valence electrons. The Hall–Kier alpha value is -2.63. The number of aliphatic imine (C=N–C) groups is 1. The standard InChI is InChI=1S/C22H26N4O/c1-26-14-21(23)24-13-19(26)17-8-5-6-15(10-17)12-25-22-18-9-4-3-7-16(18)11-20(22)27-2/h3-10,13,20,22,25H,11-12,14H2,1-2H3,(H2,23,24)/t20-,22+/m0/s1. The number of benzene rings is 2. The van der Waals surface area contributed by atoms with Gasteiger partial charge in [0.25, 0.3) is 0 Å². The number of likely N-dealkylation sites (N-methyl/N-ethyl adjacent to an activating group) is 1. The van der Waals surface area contributed by atoms with E-state index >= 15 is 0 Å². The Balaban J connectivity index is 1.51. The van der Waals surface area contributed by atoms with Gasteiger partial charge in [-0.15, -0.1) is 0 Å². The minimum absolute atomic E-state index is 0.176. The van der Waals surface area contributed by atoms with Gasteiger partial charge in [0.15, 0.2) is 0 Å². The van der Waals surface area contributed by atoms with Crippen LogP contribution in [0.5, 0.6) is 0 Å². The van der Waals surface area contributed by atoms with Crippen LogP contribution < -0.4 is 11.1 Å². The Labute approximate surface area is 160 Å². The number of methoxy groups -OCH3 is 1. The highest BCUT2D eigenvalue weighted by atomic mass is 16.5. The number of nitrogens with one attached hydrogen (secondary N) is 1. The number of amidine groups is 1. The summed E-state index contributed by atoms with van der Waals surface area (Å²) in [5.41, 5.74) is 12.0. The minimum atomic E-state index is 0.176. The van der Waals surface area contributed by atoms with Crippen LogP contribution >= 0.6 is 0 Å². The molecule has 0 saturated carbocycles. The predicted octanol–water partition coefficient (Wildman–Crippen LogP) is 2.69. The molecule has 3 N–H and O–H groups in total. The summed E-state index contributed by atoms with van der Waals surface area (Å²) in [6, 6.07) is 17.4. The second-order valence-electron chi connectivity index (χ2n) is 7.23. The molecule has 0 fully saturated rings. The Morgan fingerprint density at radius 1 is 1.22 bits per heavy atom. The maximum absolute atomic E-state index is 5.82. The highest BCUT2D eigenvalue weighted by Gasteiger charge is 2.31. The average molecular weight is 362 g/mol. The fraction of sp³-hybridized carbons (Fsp3) is 0.318. The predicted molar refractivity (Wildman–Crippen MR) is 109 cm³/mol. The van der Waals surface area contributed by atoms with Crippen LogP contribution in [0.1, 0.15) is 28.3 Å². The summed E-state index contributed by atoms with van der Waals surface area (Å²) < 4.78 is 5.73. The molecule has 2 atom stereocenters. The van der Waals surface area contributed by atoms with Crippen LogP contribution in [-0.4, -0.2) is 37.5 Å². The van der Waals surface area contributed by atoms with Gasteiger partial charge >= 0.3 is 0 Å². The molecule has 0 radical (unpaired) electrons. The fourth-order valence-electron chi connectivity index (χ4n) is 3.99. The molecule has 4 rings (SSSR count). The third-order valence-corrected chi connectivity index (χ3v) is 5.40. The first-order valence-corrected chi connectivity index (χ1v) is 9.32. The molecule has 0 saturated heterocycles. The first kappa shape index (κ1) is 17.8. The van der Waals surface area contributed by atoms with E-state index in [4.69, 9.17) is 10.5 Å². The van der Waals surface area contributed by atoms with Gasteiger partial charge in [-0.05, 0) is 28.3 Å². The Bertz CT molecular complexity index is 889. The molecule has 1 heterocycles. The van der Waals surface area contributed by atoms with E-state index in [0.717, 1.165) is 24.2 Å². The summed E-state index contributed by atoms with van der Waals surface area (Å²) in [4.78, 5) is 6.41. The zero-order valence-corrected chi connectivity index (χ0v) is 15.9. The summed E-state index contributed by atoms with van der Waals surface area (Å²) in [5.74, 6) is 0.643. The topological polar surface area (TPSA) is 62.9 Å². The van der Waals surface area contributed by atoms with Crippen LogP contribution in [0.25, 0.3) is 5.70 Å². The lowest BCUT2D eigenvalue weighted by Gasteiger charge is -2.25. The number of nitrogens with zero attached hydrogens (tertiary/aromatic N) is 2. The first-order chi connectivity index (χ1) is 13.2. The number of ether oxygens (including phenoxy) is 1. The number of nitrogens with two attached hydrogens (primary N) is 1. The van der Waals surface area contributed by atoms with Crippen LogP contribution in [0, 0.1) is 0 Å². The van der Waals surface area contributed by atoms with Gasteiger partial charge in [0.2, 0.25) is 0 Å². The van der Waals surface area contributed by atoms with Gasteiger partial charge in [-0.2, -0.15) is 0 Å². The number of rotatable bonds is 5. The van der Waals surface area contributed by atoms with Crippen molar-refractivity contribution in [1.82, 2.24) is 10.2 Å². The maximum Gasteiger partial charge on any atom is 0.119 e. The molecule has 0 unspecified atom stereocenters. The summed E-state index contributed by atoms with van der Waals surface area (Å²) in [7, 11) is 3.83. The molecule has 2 aliphatic rings. The summed E-state index contributed by atoms with van der Waals surface area (Å²) in [5, 5.41) is 3.70. The van der Waals surface area contributed by atoms with E-state index in [-0.39, 0.29) is 12.1 Å². The van der Waals surface area contributed by atoms with E-state index in [1.165, 1.54) is 16.7 Å². The van der Waals surface area contributed by atoms with Crippen molar-refractivity contribution in [2.75, 3.05) is 20.7 Å². The Morgan fingerprint density at radius 2 is 2.07 bits per heavy atom. The smallest absolute Gasteiger partial charge is 0.119 e. The van der Waals surface area contributed by atoms with E-state index in [1.54, 1.807) is 7.11 Å². The van der Waals surface area contributed by atoms with Crippen molar-refractivity contribution in [2.24, 2.45) is 10.7 Å². The SMILES string of the molecule is CO[C@H]1Cc2ccccc2[C@H]1NCc1cccc(C2=CN=C(N)CN2C)c1. The molecule has 1 aliphatic carbocycles. The molecular weight excluding hydrogens is 336 g/mol. The molecule has 0 bridgehead atoms. The van der Waals surface area contributed by atoms with Crippen molar-refractivity contribution in [3.05, 3.63) is 77.0 Å². The molecule has 5 heteroatoms. The fourth-order valence-corrected chi connectivity index (χ4v) is 3.99. The normalized spacial score (nSPS) is 21.6. The van der Waals surface area contributed by atoms with Crippen LogP contribution in [0.2, 0.25) is 0 Å². The van der Waals surface area contributed by atoms with Crippen molar-refractivity contribution in [1.29, 1.82) is 0 Å². The van der Waals surface area contributed by atoms with Crippen molar-refractivity contribution < 1.29 is 4.74 Å². The van der Waals surface area contributed by atoms with Crippen molar-refractivity contribution >= 4 is 11.5 Å². The number of hydrogen-bond donors (Lipinski definition) is 2. The van der Waals surface area contributed by atoms with Crippen LogP contribution in [0.15, 0.2) is 59.7 Å². The van der Waals surface area contributed by atoms with E-state index in [0.29, 0.717) is 12.4 Å². The second-order valence-corrected chi connectivity index (χ2v) is 7.23. The molecular formula is C22H26N4O.